The third kappa shape index (κ3) is 5.69. The highest BCUT2D eigenvalue weighted by Crippen LogP contribution is 2.29. The molecule has 152 valence electrons. The molecule has 5 nitrogen and oxygen atoms in total. The van der Waals surface area contributed by atoms with Gasteiger partial charge in [0.15, 0.2) is 11.5 Å². The zero-order valence-corrected chi connectivity index (χ0v) is 17.4. The summed E-state index contributed by atoms with van der Waals surface area (Å²) in [6.07, 6.45) is 7.56. The Labute approximate surface area is 169 Å². The Morgan fingerprint density at radius 3 is 2.46 bits per heavy atom. The Morgan fingerprint density at radius 1 is 1.00 bits per heavy atom. The summed E-state index contributed by atoms with van der Waals surface area (Å²) in [5.41, 5.74) is 2.46. The number of pyridine rings is 1. The van der Waals surface area contributed by atoms with Crippen molar-refractivity contribution in [2.75, 3.05) is 26.7 Å². The van der Waals surface area contributed by atoms with Crippen LogP contribution >= 0.6 is 0 Å². The van der Waals surface area contributed by atoms with Gasteiger partial charge in [0.05, 0.1) is 7.11 Å². The first-order valence-corrected chi connectivity index (χ1v) is 10.2. The molecule has 0 aliphatic carbocycles. The molecule has 0 radical (unpaired) electrons. The molecule has 5 heteroatoms. The molecule has 3 rings (SSSR count). The van der Waals surface area contributed by atoms with Crippen molar-refractivity contribution < 1.29 is 9.47 Å². The Kier molecular flexibility index (Phi) is 7.29. The lowest BCUT2D eigenvalue weighted by Gasteiger charge is -2.41. The summed E-state index contributed by atoms with van der Waals surface area (Å²) in [7, 11) is 1.69. The van der Waals surface area contributed by atoms with Gasteiger partial charge in [0.2, 0.25) is 0 Å². The van der Waals surface area contributed by atoms with Gasteiger partial charge in [-0.3, -0.25) is 9.88 Å². The Balaban J connectivity index is 1.53. The van der Waals surface area contributed by atoms with Gasteiger partial charge in [-0.25, -0.2) is 0 Å². The second-order valence-corrected chi connectivity index (χ2v) is 8.09. The molecule has 1 aliphatic rings. The number of hydrogen-bond donors (Lipinski definition) is 1. The SMILES string of the molecule is COc1cc(CNCC(C)(C)N2CCCCC2)ccc1OCc1ccncc1. The van der Waals surface area contributed by atoms with E-state index in [4.69, 9.17) is 9.47 Å². The van der Waals surface area contributed by atoms with E-state index in [2.05, 4.69) is 41.2 Å². The van der Waals surface area contributed by atoms with Crippen LogP contribution in [0.4, 0.5) is 0 Å². The minimum absolute atomic E-state index is 0.179. The molecule has 1 aromatic heterocycles. The number of methoxy groups -OCH3 is 1. The van der Waals surface area contributed by atoms with Crippen LogP contribution in [-0.2, 0) is 13.2 Å². The average molecular weight is 384 g/mol. The number of nitrogens with zero attached hydrogens (tertiary/aromatic N) is 2. The number of aromatic nitrogens is 1. The van der Waals surface area contributed by atoms with Crippen LogP contribution in [0.3, 0.4) is 0 Å². The molecule has 1 N–H and O–H groups in total. The minimum atomic E-state index is 0.179. The van der Waals surface area contributed by atoms with E-state index in [-0.39, 0.29) is 5.54 Å². The van der Waals surface area contributed by atoms with Crippen molar-refractivity contribution in [1.29, 1.82) is 0 Å². The summed E-state index contributed by atoms with van der Waals surface area (Å²) in [5, 5.41) is 3.62. The van der Waals surface area contributed by atoms with Crippen LogP contribution in [0.1, 0.15) is 44.2 Å². The van der Waals surface area contributed by atoms with Gasteiger partial charge in [-0.15, -0.1) is 0 Å². The van der Waals surface area contributed by atoms with E-state index in [1.807, 2.05) is 18.2 Å². The van der Waals surface area contributed by atoms with Gasteiger partial charge in [0.25, 0.3) is 0 Å². The quantitative estimate of drug-likeness (QED) is 0.709. The molecule has 0 atom stereocenters. The zero-order chi connectivity index (χ0) is 19.8. The number of ether oxygens (including phenoxy) is 2. The molecule has 2 heterocycles. The van der Waals surface area contributed by atoms with Gasteiger partial charge in [-0.2, -0.15) is 0 Å². The second kappa shape index (κ2) is 9.89. The summed E-state index contributed by atoms with van der Waals surface area (Å²) in [6.45, 7) is 9.39. The number of rotatable bonds is 9. The van der Waals surface area contributed by atoms with E-state index in [0.717, 1.165) is 30.2 Å². The van der Waals surface area contributed by atoms with Crippen LogP contribution in [-0.4, -0.2) is 42.2 Å². The van der Waals surface area contributed by atoms with Crippen molar-refractivity contribution >= 4 is 0 Å². The lowest BCUT2D eigenvalue weighted by atomic mass is 9.98. The molecule has 0 saturated carbocycles. The third-order valence-electron chi connectivity index (χ3n) is 5.47. The summed E-state index contributed by atoms with van der Waals surface area (Å²) in [5.74, 6) is 1.53. The van der Waals surface area contributed by atoms with Gasteiger partial charge in [0, 0.05) is 31.0 Å². The van der Waals surface area contributed by atoms with E-state index >= 15 is 0 Å². The molecular formula is C23H33N3O2. The standard InChI is InChI=1S/C23H33N3O2/c1-23(2,26-13-5-4-6-14-26)18-25-16-20-7-8-21(22(15-20)27-3)28-17-19-9-11-24-12-10-19/h7-12,15,25H,4-6,13-14,16-18H2,1-3H3. The van der Waals surface area contributed by atoms with Crippen LogP contribution in [0, 0.1) is 0 Å². The van der Waals surface area contributed by atoms with E-state index in [0.29, 0.717) is 6.61 Å². The molecule has 1 saturated heterocycles. The highest BCUT2D eigenvalue weighted by molar-refractivity contribution is 5.43. The smallest absolute Gasteiger partial charge is 0.161 e. The van der Waals surface area contributed by atoms with Crippen molar-refractivity contribution in [3.63, 3.8) is 0 Å². The van der Waals surface area contributed by atoms with E-state index in [9.17, 15) is 0 Å². The highest BCUT2D eigenvalue weighted by Gasteiger charge is 2.27. The topological polar surface area (TPSA) is 46.6 Å². The normalized spacial score (nSPS) is 15.4. The largest absolute Gasteiger partial charge is 0.493 e. The molecule has 2 aromatic rings. The van der Waals surface area contributed by atoms with E-state index < -0.39 is 0 Å². The first-order valence-electron chi connectivity index (χ1n) is 10.2. The van der Waals surface area contributed by atoms with Crippen LogP contribution < -0.4 is 14.8 Å². The van der Waals surface area contributed by atoms with Crippen molar-refractivity contribution in [3.8, 4) is 11.5 Å². The van der Waals surface area contributed by atoms with Gasteiger partial charge >= 0.3 is 0 Å². The summed E-state index contributed by atoms with van der Waals surface area (Å²) in [6, 6.07) is 10.1. The summed E-state index contributed by atoms with van der Waals surface area (Å²) < 4.78 is 11.5. The Morgan fingerprint density at radius 2 is 1.75 bits per heavy atom. The first kappa shape index (κ1) is 20.6. The molecule has 0 bridgehead atoms. The predicted octanol–water partition coefficient (Wildman–Crippen LogP) is 4.02. The van der Waals surface area contributed by atoms with Crippen LogP contribution in [0.2, 0.25) is 0 Å². The number of benzene rings is 1. The fraction of sp³-hybridized carbons (Fsp3) is 0.522. The van der Waals surface area contributed by atoms with Crippen LogP contribution in [0.25, 0.3) is 0 Å². The number of nitrogens with one attached hydrogen (secondary N) is 1. The molecule has 0 amide bonds. The van der Waals surface area contributed by atoms with Gasteiger partial charge in [0.1, 0.15) is 6.61 Å². The minimum Gasteiger partial charge on any atom is -0.493 e. The monoisotopic (exact) mass is 383 g/mol. The van der Waals surface area contributed by atoms with E-state index in [1.165, 1.54) is 37.9 Å². The molecular weight excluding hydrogens is 350 g/mol. The third-order valence-corrected chi connectivity index (χ3v) is 5.47. The van der Waals surface area contributed by atoms with Gasteiger partial charge in [-0.1, -0.05) is 12.5 Å². The predicted molar refractivity (Wildman–Crippen MR) is 113 cm³/mol. The molecule has 1 aromatic carbocycles. The van der Waals surface area contributed by atoms with Crippen LogP contribution in [0.15, 0.2) is 42.7 Å². The fourth-order valence-corrected chi connectivity index (χ4v) is 3.71. The van der Waals surface area contributed by atoms with Crippen LogP contribution in [0.5, 0.6) is 11.5 Å². The highest BCUT2D eigenvalue weighted by atomic mass is 16.5. The maximum absolute atomic E-state index is 5.93. The lowest BCUT2D eigenvalue weighted by molar-refractivity contribution is 0.0942. The molecule has 0 unspecified atom stereocenters. The lowest BCUT2D eigenvalue weighted by Crippen LogP contribution is -2.52. The molecule has 28 heavy (non-hydrogen) atoms. The summed E-state index contributed by atoms with van der Waals surface area (Å²) in [4.78, 5) is 6.64. The molecule has 1 aliphatic heterocycles. The fourth-order valence-electron chi connectivity index (χ4n) is 3.71. The number of piperidine rings is 1. The van der Waals surface area contributed by atoms with E-state index in [1.54, 1.807) is 19.5 Å². The maximum atomic E-state index is 5.93. The molecule has 0 spiro atoms. The van der Waals surface area contributed by atoms with Crippen molar-refractivity contribution in [3.05, 3.63) is 53.9 Å². The second-order valence-electron chi connectivity index (χ2n) is 8.09. The molecule has 1 fully saturated rings. The first-order chi connectivity index (χ1) is 13.6. The average Bonchev–Trinajstić information content (AvgIpc) is 2.74. The van der Waals surface area contributed by atoms with Crippen molar-refractivity contribution in [2.45, 2.75) is 51.8 Å². The van der Waals surface area contributed by atoms with Gasteiger partial charge < -0.3 is 14.8 Å². The Bertz CT molecular complexity index is 728. The number of likely N-dealkylation sites (tertiary alicyclic amines) is 1. The maximum Gasteiger partial charge on any atom is 0.161 e. The Hall–Kier alpha value is -2.11. The summed E-state index contributed by atoms with van der Waals surface area (Å²) >= 11 is 0. The van der Waals surface area contributed by atoms with Gasteiger partial charge in [-0.05, 0) is 75.2 Å². The van der Waals surface area contributed by atoms with Crippen molar-refractivity contribution in [2.24, 2.45) is 0 Å². The van der Waals surface area contributed by atoms with Crippen molar-refractivity contribution in [1.82, 2.24) is 15.2 Å². The zero-order valence-electron chi connectivity index (χ0n) is 17.4. The number of hydrogen-bond acceptors (Lipinski definition) is 5.